The molecule has 0 aliphatic rings. The van der Waals surface area contributed by atoms with Gasteiger partial charge in [0, 0.05) is 0 Å². The third-order valence-electron chi connectivity index (χ3n) is 4.80. The first-order valence-corrected chi connectivity index (χ1v) is 11.9. The van der Waals surface area contributed by atoms with E-state index < -0.39 is 22.5 Å². The lowest BCUT2D eigenvalue weighted by atomic mass is 10.0. The molecule has 0 heterocycles. The van der Waals surface area contributed by atoms with Crippen LogP contribution in [0.15, 0.2) is 83.8 Å². The van der Waals surface area contributed by atoms with Crippen LogP contribution in [-0.4, -0.2) is 27.5 Å². The number of carbonyl (C=O) groups is 1. The largest absolute Gasteiger partial charge is 0.494 e. The maximum atomic E-state index is 13.3. The van der Waals surface area contributed by atoms with Crippen molar-refractivity contribution in [2.45, 2.75) is 31.6 Å². The number of nitrogens with zero attached hydrogens (tertiary/aromatic N) is 1. The van der Waals surface area contributed by atoms with Crippen LogP contribution >= 0.6 is 0 Å². The third-order valence-corrected chi connectivity index (χ3v) is 6.56. The molecule has 7 heteroatoms. The van der Waals surface area contributed by atoms with Crippen LogP contribution in [-0.2, 0) is 14.8 Å². The van der Waals surface area contributed by atoms with Crippen LogP contribution in [0.4, 0.5) is 5.69 Å². The second kappa shape index (κ2) is 10.3. The molecule has 0 bridgehead atoms. The van der Waals surface area contributed by atoms with Gasteiger partial charge in [-0.3, -0.25) is 4.79 Å². The number of hydrogen-bond acceptors (Lipinski definition) is 5. The first kappa shape index (κ1) is 23.3. The lowest BCUT2D eigenvalue weighted by Gasteiger charge is -2.23. The average molecular weight is 454 g/mol. The monoisotopic (exact) mass is 453 g/mol. The standard InChI is InChI=1S/C25H27NO5S/c1-4-30-22-16-12-21(13-17-22)26(32(28,29)24-8-6-5-7-9-24)25(27)18-31-23-14-10-20(11-15-23)19(2)3/h5-17,19H,4,18H2,1-3H3. The molecule has 0 spiro atoms. The fourth-order valence-electron chi connectivity index (χ4n) is 3.11. The summed E-state index contributed by atoms with van der Waals surface area (Å²) in [5, 5.41) is 0. The number of hydrogen-bond donors (Lipinski definition) is 0. The molecule has 0 aliphatic heterocycles. The van der Waals surface area contributed by atoms with Crippen molar-refractivity contribution >= 4 is 21.6 Å². The van der Waals surface area contributed by atoms with Crippen molar-refractivity contribution in [2.24, 2.45) is 0 Å². The van der Waals surface area contributed by atoms with Gasteiger partial charge in [-0.25, -0.2) is 8.42 Å². The van der Waals surface area contributed by atoms with E-state index in [1.54, 1.807) is 54.6 Å². The molecule has 0 radical (unpaired) electrons. The van der Waals surface area contributed by atoms with Gasteiger partial charge in [-0.2, -0.15) is 4.31 Å². The Hall–Kier alpha value is -3.32. The molecule has 0 fully saturated rings. The molecule has 32 heavy (non-hydrogen) atoms. The molecule has 0 unspecified atom stereocenters. The Balaban J connectivity index is 1.88. The lowest BCUT2D eigenvalue weighted by molar-refractivity contribution is -0.119. The Morgan fingerprint density at radius 3 is 1.97 bits per heavy atom. The molecule has 0 aliphatic carbocycles. The van der Waals surface area contributed by atoms with Crippen LogP contribution in [0.25, 0.3) is 0 Å². The summed E-state index contributed by atoms with van der Waals surface area (Å²) in [6, 6.07) is 21.6. The molecule has 3 aromatic rings. The molecular formula is C25H27NO5S. The van der Waals surface area contributed by atoms with Gasteiger partial charge in [-0.05, 0) is 66.9 Å². The van der Waals surface area contributed by atoms with Crippen molar-refractivity contribution in [3.63, 3.8) is 0 Å². The van der Waals surface area contributed by atoms with Crippen molar-refractivity contribution < 1.29 is 22.7 Å². The Kier molecular flexibility index (Phi) is 7.53. The predicted octanol–water partition coefficient (Wildman–Crippen LogP) is 5.01. The molecule has 0 saturated carbocycles. The van der Waals surface area contributed by atoms with Crippen molar-refractivity contribution in [1.29, 1.82) is 0 Å². The topological polar surface area (TPSA) is 72.9 Å². The minimum Gasteiger partial charge on any atom is -0.494 e. The highest BCUT2D eigenvalue weighted by atomic mass is 32.2. The zero-order chi connectivity index (χ0) is 23.1. The van der Waals surface area contributed by atoms with Crippen LogP contribution in [0.3, 0.4) is 0 Å². The van der Waals surface area contributed by atoms with Crippen LogP contribution in [0.2, 0.25) is 0 Å². The Morgan fingerprint density at radius 2 is 1.41 bits per heavy atom. The molecular weight excluding hydrogens is 426 g/mol. The number of sulfonamides is 1. The number of rotatable bonds is 9. The summed E-state index contributed by atoms with van der Waals surface area (Å²) in [6.45, 7) is 6.08. The summed E-state index contributed by atoms with van der Waals surface area (Å²) in [5.41, 5.74) is 1.35. The van der Waals surface area contributed by atoms with Gasteiger partial charge in [0.25, 0.3) is 15.9 Å². The number of ether oxygens (including phenoxy) is 2. The first-order chi connectivity index (χ1) is 15.3. The van der Waals surface area contributed by atoms with Crippen LogP contribution in [0, 0.1) is 0 Å². The van der Waals surface area contributed by atoms with E-state index in [0.29, 0.717) is 24.0 Å². The summed E-state index contributed by atoms with van der Waals surface area (Å²) in [5.74, 6) is 0.747. The minimum atomic E-state index is -4.14. The SMILES string of the molecule is CCOc1ccc(N(C(=O)COc2ccc(C(C)C)cc2)S(=O)(=O)c2ccccc2)cc1. The van der Waals surface area contributed by atoms with Gasteiger partial charge in [0.2, 0.25) is 0 Å². The zero-order valence-corrected chi connectivity index (χ0v) is 19.2. The molecule has 0 saturated heterocycles. The van der Waals surface area contributed by atoms with Gasteiger partial charge in [0.15, 0.2) is 6.61 Å². The van der Waals surface area contributed by atoms with E-state index in [1.165, 1.54) is 12.1 Å². The average Bonchev–Trinajstić information content (AvgIpc) is 2.80. The molecule has 6 nitrogen and oxygen atoms in total. The van der Waals surface area contributed by atoms with Crippen molar-refractivity contribution in [2.75, 3.05) is 17.5 Å². The predicted molar refractivity (Wildman–Crippen MR) is 125 cm³/mol. The second-order valence-electron chi connectivity index (χ2n) is 7.42. The smallest absolute Gasteiger partial charge is 0.278 e. The highest BCUT2D eigenvalue weighted by molar-refractivity contribution is 7.93. The molecule has 0 aromatic heterocycles. The van der Waals surface area contributed by atoms with Crippen LogP contribution in [0.5, 0.6) is 11.5 Å². The van der Waals surface area contributed by atoms with E-state index in [-0.39, 0.29) is 10.6 Å². The normalized spacial score (nSPS) is 11.2. The van der Waals surface area contributed by atoms with E-state index in [1.807, 2.05) is 19.1 Å². The fourth-order valence-corrected chi connectivity index (χ4v) is 4.54. The fraction of sp³-hybridized carbons (Fsp3) is 0.240. The Bertz CT molecular complexity index is 1130. The van der Waals surface area contributed by atoms with Gasteiger partial charge in [0.05, 0.1) is 17.2 Å². The van der Waals surface area contributed by atoms with Gasteiger partial charge < -0.3 is 9.47 Å². The summed E-state index contributed by atoms with van der Waals surface area (Å²) in [6.07, 6.45) is 0. The number of amides is 1. The third kappa shape index (κ3) is 5.48. The second-order valence-corrected chi connectivity index (χ2v) is 9.20. The summed E-state index contributed by atoms with van der Waals surface area (Å²) < 4.78 is 38.5. The molecule has 0 N–H and O–H groups in total. The molecule has 3 aromatic carbocycles. The van der Waals surface area contributed by atoms with Gasteiger partial charge in [-0.15, -0.1) is 0 Å². The number of carbonyl (C=O) groups excluding carboxylic acids is 1. The summed E-state index contributed by atoms with van der Waals surface area (Å²) >= 11 is 0. The van der Waals surface area contributed by atoms with E-state index >= 15 is 0 Å². The summed E-state index contributed by atoms with van der Waals surface area (Å²) in [7, 11) is -4.14. The maximum absolute atomic E-state index is 13.3. The Morgan fingerprint density at radius 1 is 0.844 bits per heavy atom. The van der Waals surface area contributed by atoms with E-state index in [0.717, 1.165) is 9.87 Å². The van der Waals surface area contributed by atoms with E-state index in [4.69, 9.17) is 9.47 Å². The van der Waals surface area contributed by atoms with Crippen molar-refractivity contribution in [3.8, 4) is 11.5 Å². The molecule has 0 atom stereocenters. The zero-order valence-electron chi connectivity index (χ0n) is 18.4. The molecule has 3 rings (SSSR count). The van der Waals surface area contributed by atoms with Crippen LogP contribution in [0.1, 0.15) is 32.3 Å². The maximum Gasteiger partial charge on any atom is 0.278 e. The number of benzene rings is 3. The molecule has 168 valence electrons. The van der Waals surface area contributed by atoms with Gasteiger partial charge in [0.1, 0.15) is 11.5 Å². The van der Waals surface area contributed by atoms with Crippen molar-refractivity contribution in [3.05, 3.63) is 84.4 Å². The quantitative estimate of drug-likeness (QED) is 0.455. The minimum absolute atomic E-state index is 0.0171. The lowest BCUT2D eigenvalue weighted by Crippen LogP contribution is -2.40. The molecule has 1 amide bonds. The van der Waals surface area contributed by atoms with Gasteiger partial charge in [-0.1, -0.05) is 44.2 Å². The van der Waals surface area contributed by atoms with Crippen molar-refractivity contribution in [1.82, 2.24) is 0 Å². The highest BCUT2D eigenvalue weighted by Gasteiger charge is 2.31. The summed E-state index contributed by atoms with van der Waals surface area (Å²) in [4.78, 5) is 13.1. The number of anilines is 1. The van der Waals surface area contributed by atoms with E-state index in [9.17, 15) is 13.2 Å². The van der Waals surface area contributed by atoms with Crippen LogP contribution < -0.4 is 13.8 Å². The van der Waals surface area contributed by atoms with Gasteiger partial charge >= 0.3 is 0 Å². The first-order valence-electron chi connectivity index (χ1n) is 10.4. The highest BCUT2D eigenvalue weighted by Crippen LogP contribution is 2.27. The Labute approximate surface area is 189 Å². The van der Waals surface area contributed by atoms with E-state index in [2.05, 4.69) is 13.8 Å².